The first-order valence-corrected chi connectivity index (χ1v) is 10.9. The summed E-state index contributed by atoms with van der Waals surface area (Å²) in [5.74, 6) is -0.756. The number of aliphatic hydroxyl groups is 1. The molecule has 9 heteroatoms. The number of esters is 1. The Bertz CT molecular complexity index is 1540. The quantitative estimate of drug-likeness (QED) is 0.221. The normalized spacial score (nSPS) is 12.0. The lowest BCUT2D eigenvalue weighted by molar-refractivity contribution is 0.0508. The van der Waals surface area contributed by atoms with Gasteiger partial charge in [-0.05, 0) is 37.3 Å². The van der Waals surface area contributed by atoms with Gasteiger partial charge in [-0.3, -0.25) is 0 Å². The number of H-pyrrole nitrogens is 1. The molecule has 0 bridgehead atoms. The number of allylic oxidation sites excluding steroid dienone is 1. The lowest BCUT2D eigenvalue weighted by Crippen LogP contribution is -2.08. The van der Waals surface area contributed by atoms with Gasteiger partial charge >= 0.3 is 5.97 Å². The van der Waals surface area contributed by atoms with Crippen LogP contribution in [0.3, 0.4) is 0 Å². The van der Waals surface area contributed by atoms with Crippen molar-refractivity contribution in [2.24, 2.45) is 0 Å². The average molecular weight is 455 g/mol. The molecular formula is C24H17N5O3S. The zero-order valence-corrected chi connectivity index (χ0v) is 18.3. The van der Waals surface area contributed by atoms with Crippen molar-refractivity contribution >= 4 is 44.1 Å². The molecule has 33 heavy (non-hydrogen) atoms. The third kappa shape index (κ3) is 3.73. The first-order valence-electron chi connectivity index (χ1n) is 10.0. The third-order valence-corrected chi connectivity index (χ3v) is 6.20. The molecule has 0 aliphatic carbocycles. The van der Waals surface area contributed by atoms with Crippen molar-refractivity contribution in [3.8, 4) is 11.8 Å². The van der Waals surface area contributed by atoms with Gasteiger partial charge in [0.15, 0.2) is 11.6 Å². The molecule has 0 spiro atoms. The van der Waals surface area contributed by atoms with Crippen LogP contribution in [-0.2, 0) is 4.74 Å². The largest absolute Gasteiger partial charge is 0.507 e. The van der Waals surface area contributed by atoms with Gasteiger partial charge < -0.3 is 14.8 Å². The fourth-order valence-electron chi connectivity index (χ4n) is 3.49. The van der Waals surface area contributed by atoms with Gasteiger partial charge in [0.25, 0.3) is 0 Å². The number of hydrogen-bond donors (Lipinski definition) is 2. The van der Waals surface area contributed by atoms with Gasteiger partial charge in [0.1, 0.15) is 28.0 Å². The van der Waals surface area contributed by atoms with Crippen molar-refractivity contribution in [1.82, 2.24) is 19.7 Å². The summed E-state index contributed by atoms with van der Waals surface area (Å²) < 4.78 is 7.08. The smallest absolute Gasteiger partial charge is 0.348 e. The van der Waals surface area contributed by atoms with Gasteiger partial charge in [0, 0.05) is 5.39 Å². The van der Waals surface area contributed by atoms with Crippen LogP contribution < -0.4 is 0 Å². The second-order valence-electron chi connectivity index (χ2n) is 7.27. The fraction of sp³-hybridized carbons (Fsp3) is 0.0833. The molecule has 0 saturated carbocycles. The number of benzene rings is 2. The van der Waals surface area contributed by atoms with E-state index in [1.807, 2.05) is 61.5 Å². The molecule has 2 aromatic carbocycles. The van der Waals surface area contributed by atoms with Crippen LogP contribution in [0.5, 0.6) is 0 Å². The molecule has 3 heterocycles. The second kappa shape index (κ2) is 8.26. The number of aliphatic hydroxyl groups excluding tert-OH is 1. The number of fused-ring (bicyclic) bond motifs is 2. The van der Waals surface area contributed by atoms with Crippen LogP contribution in [0.1, 0.15) is 21.2 Å². The van der Waals surface area contributed by atoms with Crippen molar-refractivity contribution in [2.75, 3.05) is 6.61 Å². The number of aryl methyl sites for hydroxylation is 1. The molecule has 162 valence electrons. The summed E-state index contributed by atoms with van der Waals surface area (Å²) in [6.07, 6.45) is 0. The summed E-state index contributed by atoms with van der Waals surface area (Å²) in [7, 11) is 0. The van der Waals surface area contributed by atoms with Crippen LogP contribution in [0.4, 0.5) is 0 Å². The lowest BCUT2D eigenvalue weighted by atomic mass is 10.2. The van der Waals surface area contributed by atoms with Gasteiger partial charge in [-0.25, -0.2) is 14.5 Å². The van der Waals surface area contributed by atoms with Crippen LogP contribution in [0, 0.1) is 18.3 Å². The van der Waals surface area contributed by atoms with Crippen molar-refractivity contribution in [3.05, 3.63) is 82.8 Å². The Balaban J connectivity index is 1.38. The third-order valence-electron chi connectivity index (χ3n) is 5.11. The maximum absolute atomic E-state index is 12.7. The predicted molar refractivity (Wildman–Crippen MR) is 125 cm³/mol. The molecular weight excluding hydrogens is 438 g/mol. The maximum atomic E-state index is 12.7. The zero-order chi connectivity index (χ0) is 22.9. The van der Waals surface area contributed by atoms with Gasteiger partial charge in [-0.15, -0.1) is 11.3 Å². The van der Waals surface area contributed by atoms with Crippen molar-refractivity contribution in [2.45, 2.75) is 6.92 Å². The first-order chi connectivity index (χ1) is 16.0. The summed E-state index contributed by atoms with van der Waals surface area (Å²) in [5.41, 5.74) is 3.01. The standard InChI is InChI=1S/C24H17N5O3S/c1-14-16-11-21(33-23(16)29(28-14)15-7-3-2-4-8-15)24(31)32-13-20(30)17(12-25)22-26-18-9-5-6-10-19(18)27-22/h2-11,30H,13H2,1H3,(H,26,27). The minimum atomic E-state index is -0.594. The molecule has 5 rings (SSSR count). The summed E-state index contributed by atoms with van der Waals surface area (Å²) in [6.45, 7) is 1.43. The highest BCUT2D eigenvalue weighted by Crippen LogP contribution is 2.31. The molecule has 2 N–H and O–H groups in total. The number of thiophene rings is 1. The number of rotatable bonds is 5. The monoisotopic (exact) mass is 455 g/mol. The van der Waals surface area contributed by atoms with E-state index in [1.165, 1.54) is 11.3 Å². The number of nitrogens with one attached hydrogen (secondary N) is 1. The Morgan fingerprint density at radius 1 is 1.21 bits per heavy atom. The highest BCUT2D eigenvalue weighted by molar-refractivity contribution is 7.20. The predicted octanol–water partition coefficient (Wildman–Crippen LogP) is 4.92. The van der Waals surface area contributed by atoms with E-state index in [1.54, 1.807) is 16.8 Å². The van der Waals surface area contributed by atoms with E-state index in [0.29, 0.717) is 10.4 Å². The minimum absolute atomic E-state index is 0.0779. The minimum Gasteiger partial charge on any atom is -0.507 e. The highest BCUT2D eigenvalue weighted by Gasteiger charge is 2.20. The van der Waals surface area contributed by atoms with Crippen molar-refractivity contribution < 1.29 is 14.6 Å². The number of nitrogens with zero attached hydrogens (tertiary/aromatic N) is 4. The zero-order valence-electron chi connectivity index (χ0n) is 17.4. The molecule has 0 aliphatic rings. The number of aromatic amines is 1. The Kier molecular flexibility index (Phi) is 5.12. The SMILES string of the molecule is Cc1nn(-c2ccccc2)c2sc(C(=O)OCC(O)=C(C#N)c3nc4ccccc4[nH]3)cc12. The van der Waals surface area contributed by atoms with Crippen LogP contribution >= 0.6 is 11.3 Å². The van der Waals surface area contributed by atoms with Crippen LogP contribution in [0.2, 0.25) is 0 Å². The summed E-state index contributed by atoms with van der Waals surface area (Å²) >= 11 is 1.26. The number of ether oxygens (including phenoxy) is 1. The molecule has 0 aliphatic heterocycles. The van der Waals surface area contributed by atoms with E-state index in [2.05, 4.69) is 15.1 Å². The van der Waals surface area contributed by atoms with E-state index in [9.17, 15) is 15.2 Å². The van der Waals surface area contributed by atoms with Gasteiger partial charge in [-0.1, -0.05) is 30.3 Å². The van der Waals surface area contributed by atoms with Crippen molar-refractivity contribution in [3.63, 3.8) is 0 Å². The van der Waals surface area contributed by atoms with Gasteiger partial charge in [0.05, 0.1) is 22.4 Å². The van der Waals surface area contributed by atoms with Crippen LogP contribution in [0.15, 0.2) is 66.4 Å². The first kappa shape index (κ1) is 20.5. The highest BCUT2D eigenvalue weighted by atomic mass is 32.1. The number of carbonyl (C=O) groups excluding carboxylic acids is 1. The Morgan fingerprint density at radius 2 is 1.97 bits per heavy atom. The topological polar surface area (TPSA) is 117 Å². The number of nitriles is 1. The van der Waals surface area contributed by atoms with E-state index in [4.69, 9.17) is 4.74 Å². The molecule has 5 aromatic rings. The molecule has 0 unspecified atom stereocenters. The second-order valence-corrected chi connectivity index (χ2v) is 8.31. The van der Waals surface area contributed by atoms with E-state index in [-0.39, 0.29) is 17.2 Å². The van der Waals surface area contributed by atoms with E-state index < -0.39 is 12.6 Å². The fourth-order valence-corrected chi connectivity index (χ4v) is 4.57. The van der Waals surface area contributed by atoms with Gasteiger partial charge in [0.2, 0.25) is 0 Å². The Morgan fingerprint density at radius 3 is 2.73 bits per heavy atom. The van der Waals surface area contributed by atoms with E-state index in [0.717, 1.165) is 27.1 Å². The number of aromatic nitrogens is 4. The Labute approximate surface area is 192 Å². The van der Waals surface area contributed by atoms with Gasteiger partial charge in [-0.2, -0.15) is 10.4 Å². The summed E-state index contributed by atoms with van der Waals surface area (Å²) in [4.78, 5) is 21.2. The number of imidazole rings is 1. The summed E-state index contributed by atoms with van der Waals surface area (Å²) in [6, 6.07) is 20.6. The maximum Gasteiger partial charge on any atom is 0.348 e. The molecule has 0 atom stereocenters. The van der Waals surface area contributed by atoms with Crippen molar-refractivity contribution in [1.29, 1.82) is 5.26 Å². The number of para-hydroxylation sites is 3. The number of carbonyl (C=O) groups is 1. The molecule has 8 nitrogen and oxygen atoms in total. The summed E-state index contributed by atoms with van der Waals surface area (Å²) in [5, 5.41) is 25.4. The lowest BCUT2D eigenvalue weighted by Gasteiger charge is -2.04. The van der Waals surface area contributed by atoms with Crippen LogP contribution in [-0.4, -0.2) is 37.4 Å². The molecule has 0 amide bonds. The molecule has 0 radical (unpaired) electrons. The molecule has 3 aromatic heterocycles. The van der Waals surface area contributed by atoms with Crippen LogP contribution in [0.25, 0.3) is 32.5 Å². The molecule has 0 saturated heterocycles. The Hall–Kier alpha value is -4.42. The number of hydrogen-bond acceptors (Lipinski definition) is 7. The average Bonchev–Trinajstić information content (AvgIpc) is 3.53. The molecule has 0 fully saturated rings. The van der Waals surface area contributed by atoms with E-state index >= 15 is 0 Å².